The van der Waals surface area contributed by atoms with Crippen LogP contribution in [-0.4, -0.2) is 111 Å². The summed E-state index contributed by atoms with van der Waals surface area (Å²) >= 11 is 0. The van der Waals surface area contributed by atoms with Crippen LogP contribution in [0.1, 0.15) is 50.7 Å². The first-order valence-electron chi connectivity index (χ1n) is 18.4. The van der Waals surface area contributed by atoms with E-state index in [2.05, 4.69) is 40.4 Å². The number of rotatable bonds is 7. The summed E-state index contributed by atoms with van der Waals surface area (Å²) < 4.78 is 9.94. The van der Waals surface area contributed by atoms with Gasteiger partial charge >= 0.3 is 12.2 Å². The van der Waals surface area contributed by atoms with Crippen molar-refractivity contribution in [2.75, 3.05) is 66.6 Å². The fourth-order valence-corrected chi connectivity index (χ4v) is 4.37. The Balaban J connectivity index is 0. The maximum atomic E-state index is 10.1. The molecule has 0 aromatic heterocycles. The lowest BCUT2D eigenvalue weighted by Gasteiger charge is -2.22. The number of aliphatic hydroxyl groups excluding tert-OH is 2. The molecule has 3 saturated heterocycles. The molecule has 0 bridgehead atoms. The topological polar surface area (TPSA) is 246 Å². The molecular formula is C39H69N7O8. The molecule has 3 unspecified atom stereocenters. The number of allylic oxidation sites excluding steroid dienone is 2. The molecule has 308 valence electrons. The minimum atomic E-state index is -1.10. The third kappa shape index (κ3) is 33.3. The number of carboxylic acid groups (broad SMARTS) is 2. The maximum Gasteiger partial charge on any atom is 0.404 e. The van der Waals surface area contributed by atoms with Crippen LogP contribution in [0.15, 0.2) is 72.6 Å². The van der Waals surface area contributed by atoms with Crippen molar-refractivity contribution < 1.29 is 39.5 Å². The summed E-state index contributed by atoms with van der Waals surface area (Å²) in [5, 5.41) is 47.6. The highest BCUT2D eigenvalue weighted by atomic mass is 16.5. The van der Waals surface area contributed by atoms with E-state index in [1.165, 1.54) is 29.5 Å². The Bertz CT molecular complexity index is 1170. The average Bonchev–Trinajstić information content (AvgIpc) is 3.88. The maximum absolute atomic E-state index is 10.1. The van der Waals surface area contributed by atoms with Gasteiger partial charge in [-0.1, -0.05) is 49.2 Å². The standard InChI is InChI=1S/2C8H10O.C7H14N2O2.C6H11N3O2.2C4H9NO.C2H6/c2*1-7-3-5-8(9-2)6-4-7;10-7(11)9-5-6-2-1-3-8-4-6;7-3-1-2-5(8)4-9-6(10)11;2*6-4-1-2-5-3-4;1-2/h2*3-6H,1-2H3;6,8-9H,1-5H2,(H,10,11);1-3,9H,4,7-8H2,(H,10,11);2*4-6H,1-3H2;1-2H3/b;;;3-1-,5-2-;;;. The molecule has 2 aromatic carbocycles. The molecule has 0 radical (unpaired) electrons. The summed E-state index contributed by atoms with van der Waals surface area (Å²) in [5.74, 6) is 2.32. The van der Waals surface area contributed by atoms with Crippen LogP contribution in [-0.2, 0) is 0 Å². The van der Waals surface area contributed by atoms with E-state index in [-0.39, 0.29) is 18.8 Å². The third-order valence-corrected chi connectivity index (χ3v) is 7.39. The third-order valence-electron chi connectivity index (χ3n) is 7.39. The Morgan fingerprint density at radius 2 is 1.20 bits per heavy atom. The minimum absolute atomic E-state index is 0.0648. The predicted molar refractivity (Wildman–Crippen MR) is 217 cm³/mol. The van der Waals surface area contributed by atoms with Gasteiger partial charge in [-0.15, -0.1) is 0 Å². The van der Waals surface area contributed by atoms with E-state index in [0.717, 1.165) is 76.5 Å². The highest BCUT2D eigenvalue weighted by molar-refractivity contribution is 5.64. The van der Waals surface area contributed by atoms with Gasteiger partial charge in [-0.25, -0.2) is 9.59 Å². The molecule has 3 atom stereocenters. The van der Waals surface area contributed by atoms with Crippen molar-refractivity contribution in [3.05, 3.63) is 83.7 Å². The van der Waals surface area contributed by atoms with E-state index in [9.17, 15) is 9.59 Å². The van der Waals surface area contributed by atoms with Gasteiger partial charge in [0.1, 0.15) is 11.5 Å². The second-order valence-electron chi connectivity index (χ2n) is 12.0. The highest BCUT2D eigenvalue weighted by Gasteiger charge is 2.13. The van der Waals surface area contributed by atoms with E-state index in [1.807, 2.05) is 62.4 Å². The number of nitrogens with two attached hydrogens (primary N) is 2. The van der Waals surface area contributed by atoms with Crippen molar-refractivity contribution in [2.24, 2.45) is 17.4 Å². The quantitative estimate of drug-likeness (QED) is 0.181. The van der Waals surface area contributed by atoms with Crippen LogP contribution in [0, 0.1) is 19.8 Å². The Morgan fingerprint density at radius 3 is 1.50 bits per heavy atom. The van der Waals surface area contributed by atoms with Gasteiger partial charge < -0.3 is 68.0 Å². The van der Waals surface area contributed by atoms with E-state index < -0.39 is 12.2 Å². The molecule has 2 amide bonds. The summed E-state index contributed by atoms with van der Waals surface area (Å²) in [7, 11) is 3.34. The monoisotopic (exact) mass is 764 g/mol. The molecular weight excluding hydrogens is 694 g/mol. The molecule has 15 heteroatoms. The summed E-state index contributed by atoms with van der Waals surface area (Å²) in [6, 6.07) is 15.9. The Kier molecular flexibility index (Phi) is 33.9. The van der Waals surface area contributed by atoms with Crippen LogP contribution in [0.5, 0.6) is 11.5 Å². The molecule has 0 aliphatic carbocycles. The number of carbonyl (C=O) groups is 2. The number of β-amino-alcohol motifs (C(OH)–C–C–N with tert-alkyl or cyclic N) is 2. The molecule has 0 saturated carbocycles. The second kappa shape index (κ2) is 35.5. The largest absolute Gasteiger partial charge is 0.497 e. The second-order valence-corrected chi connectivity index (χ2v) is 12.0. The minimum Gasteiger partial charge on any atom is -0.497 e. The molecule has 3 aliphatic rings. The molecule has 15 nitrogen and oxygen atoms in total. The van der Waals surface area contributed by atoms with Crippen molar-refractivity contribution in [1.29, 1.82) is 0 Å². The number of piperidine rings is 1. The lowest BCUT2D eigenvalue weighted by molar-refractivity contribution is 0.190. The van der Waals surface area contributed by atoms with E-state index >= 15 is 0 Å². The van der Waals surface area contributed by atoms with Crippen LogP contribution in [0.4, 0.5) is 9.59 Å². The number of ether oxygens (including phenoxy) is 2. The molecule has 3 fully saturated rings. The molecule has 13 N–H and O–H groups in total. The fraction of sp³-hybridized carbons (Fsp3) is 0.538. The molecule has 3 aliphatic heterocycles. The number of aliphatic hydroxyl groups is 2. The average molecular weight is 764 g/mol. The van der Waals surface area contributed by atoms with Crippen LogP contribution in [0.3, 0.4) is 0 Å². The highest BCUT2D eigenvalue weighted by Crippen LogP contribution is 2.10. The predicted octanol–water partition coefficient (Wildman–Crippen LogP) is 3.54. The lowest BCUT2D eigenvalue weighted by atomic mass is 10.00. The van der Waals surface area contributed by atoms with Gasteiger partial charge in [-0.05, 0) is 114 Å². The number of hydrogen-bond donors (Lipinski definition) is 11. The van der Waals surface area contributed by atoms with E-state index in [1.54, 1.807) is 14.2 Å². The number of nitrogens with one attached hydrogen (secondary N) is 5. The van der Waals surface area contributed by atoms with Crippen LogP contribution >= 0.6 is 0 Å². The van der Waals surface area contributed by atoms with Gasteiger partial charge in [-0.3, -0.25) is 0 Å². The zero-order chi connectivity index (χ0) is 41.0. The van der Waals surface area contributed by atoms with Gasteiger partial charge in [0.15, 0.2) is 0 Å². The first kappa shape index (κ1) is 51.6. The summed E-state index contributed by atoms with van der Waals surface area (Å²) in [4.78, 5) is 20.1. The Morgan fingerprint density at radius 1 is 0.759 bits per heavy atom. The van der Waals surface area contributed by atoms with Gasteiger partial charge in [0.05, 0.1) is 33.0 Å². The van der Waals surface area contributed by atoms with Gasteiger partial charge in [0.2, 0.25) is 0 Å². The normalized spacial score (nSPS) is 18.2. The van der Waals surface area contributed by atoms with Crippen molar-refractivity contribution >= 4 is 12.2 Å². The van der Waals surface area contributed by atoms with Crippen molar-refractivity contribution in [3.63, 3.8) is 0 Å². The summed E-state index contributed by atoms with van der Waals surface area (Å²) in [6.07, 6.45) is 6.37. The zero-order valence-corrected chi connectivity index (χ0v) is 33.1. The van der Waals surface area contributed by atoms with Crippen molar-refractivity contribution in [3.8, 4) is 11.5 Å². The summed E-state index contributed by atoms with van der Waals surface area (Å²) in [5.41, 5.74) is 13.3. The van der Waals surface area contributed by atoms with Gasteiger partial charge in [0, 0.05) is 25.3 Å². The van der Waals surface area contributed by atoms with Crippen LogP contribution in [0.25, 0.3) is 0 Å². The first-order valence-corrected chi connectivity index (χ1v) is 18.4. The van der Waals surface area contributed by atoms with E-state index in [4.69, 9.17) is 41.4 Å². The first-order chi connectivity index (χ1) is 25.9. The van der Waals surface area contributed by atoms with Crippen molar-refractivity contribution in [2.45, 2.75) is 65.6 Å². The van der Waals surface area contributed by atoms with Crippen molar-refractivity contribution in [1.82, 2.24) is 26.6 Å². The molecule has 2 aromatic rings. The zero-order valence-electron chi connectivity index (χ0n) is 33.1. The summed E-state index contributed by atoms with van der Waals surface area (Å²) in [6.45, 7) is 14.4. The number of hydrogen-bond acceptors (Lipinski definition) is 11. The molecule has 5 rings (SSSR count). The van der Waals surface area contributed by atoms with Gasteiger partial charge in [0.25, 0.3) is 0 Å². The Hall–Kier alpha value is -4.54. The number of amides is 2. The van der Waals surface area contributed by atoms with Gasteiger partial charge in [-0.2, -0.15) is 0 Å². The van der Waals surface area contributed by atoms with E-state index in [0.29, 0.717) is 18.2 Å². The Labute approximate surface area is 322 Å². The number of benzene rings is 2. The molecule has 54 heavy (non-hydrogen) atoms. The molecule has 0 spiro atoms. The van der Waals surface area contributed by atoms with Crippen LogP contribution in [0.2, 0.25) is 0 Å². The number of aryl methyl sites for hydroxylation is 2. The smallest absolute Gasteiger partial charge is 0.404 e. The lowest BCUT2D eigenvalue weighted by Crippen LogP contribution is -2.37. The fourth-order valence-electron chi connectivity index (χ4n) is 4.37. The number of methoxy groups -OCH3 is 2. The van der Waals surface area contributed by atoms with Crippen LogP contribution < -0.4 is 47.5 Å². The molecule has 3 heterocycles. The SMILES string of the molecule is CC.COc1ccc(C)cc1.COc1ccc(C)cc1.N/C=C\C=C(/N)CNC(=O)O.O=C(O)NCC1CCCNC1.OC1CCNC1.OC1CCNC1.